The van der Waals surface area contributed by atoms with Crippen LogP contribution in [-0.2, 0) is 12.8 Å². The van der Waals surface area contributed by atoms with E-state index in [4.69, 9.17) is 9.47 Å². The highest BCUT2D eigenvalue weighted by molar-refractivity contribution is 5.58. The molecule has 2 heterocycles. The van der Waals surface area contributed by atoms with Crippen LogP contribution in [0.15, 0.2) is 70.4 Å². The molecule has 0 aliphatic carbocycles. The van der Waals surface area contributed by atoms with Crippen LogP contribution in [0.25, 0.3) is 11.4 Å². The van der Waals surface area contributed by atoms with Crippen molar-refractivity contribution in [3.8, 4) is 28.8 Å². The van der Waals surface area contributed by atoms with E-state index in [9.17, 15) is 14.7 Å². The summed E-state index contributed by atoms with van der Waals surface area (Å²) in [5.74, 6) is 1.07. The van der Waals surface area contributed by atoms with Crippen molar-refractivity contribution in [3.05, 3.63) is 104 Å². The maximum absolute atomic E-state index is 13.9. The zero-order valence-corrected chi connectivity index (χ0v) is 21.5. The van der Waals surface area contributed by atoms with Crippen LogP contribution in [0, 0.1) is 6.92 Å². The Morgan fingerprint density at radius 3 is 2.24 bits per heavy atom. The summed E-state index contributed by atoms with van der Waals surface area (Å²) >= 11 is 0. The second kappa shape index (κ2) is 11.2. The average Bonchev–Trinajstić information content (AvgIpc) is 2.90. The maximum Gasteiger partial charge on any atom is 0.265 e. The molecule has 8 nitrogen and oxygen atoms in total. The molecule has 8 heteroatoms. The fourth-order valence-electron chi connectivity index (χ4n) is 4.30. The summed E-state index contributed by atoms with van der Waals surface area (Å²) in [6, 6.07) is 16.0. The summed E-state index contributed by atoms with van der Waals surface area (Å²) in [6.07, 6.45) is 4.09. The van der Waals surface area contributed by atoms with Crippen molar-refractivity contribution >= 4 is 0 Å². The summed E-state index contributed by atoms with van der Waals surface area (Å²) in [5.41, 5.74) is 2.50. The van der Waals surface area contributed by atoms with Gasteiger partial charge in [-0.25, -0.2) is 0 Å². The standard InChI is InChI=1S/C29H31N3O5/c1-5-6-10-25-30-28(34)22(29(35)32(25)27-23(36-3)8-7-9-24(27)37-4)18-20-11-13-21(14-12-20)31-16-15-19(2)17-26(31)33/h7-9,11-17,34H,5-6,10,18H2,1-4H3. The lowest BCUT2D eigenvalue weighted by molar-refractivity contribution is 0.387. The average molecular weight is 502 g/mol. The van der Waals surface area contributed by atoms with E-state index in [0.717, 1.165) is 24.0 Å². The SMILES string of the molecule is CCCCc1nc(O)c(Cc2ccc(-n3ccc(C)cc3=O)cc2)c(=O)n1-c1c(OC)cccc1OC. The first-order valence-electron chi connectivity index (χ1n) is 12.2. The molecule has 0 atom stereocenters. The Bertz CT molecular complexity index is 1500. The molecule has 1 N–H and O–H groups in total. The first-order chi connectivity index (χ1) is 17.9. The maximum atomic E-state index is 13.9. The number of hydrogen-bond acceptors (Lipinski definition) is 6. The lowest BCUT2D eigenvalue weighted by Gasteiger charge is -2.19. The number of para-hydroxylation sites is 1. The lowest BCUT2D eigenvalue weighted by Crippen LogP contribution is -2.28. The number of hydrogen-bond donors (Lipinski definition) is 1. The van der Waals surface area contributed by atoms with Crippen LogP contribution in [0.5, 0.6) is 17.4 Å². The number of methoxy groups -OCH3 is 2. The Morgan fingerprint density at radius 1 is 0.973 bits per heavy atom. The van der Waals surface area contributed by atoms with Crippen LogP contribution >= 0.6 is 0 Å². The fraction of sp³-hybridized carbons (Fsp3) is 0.276. The minimum atomic E-state index is -0.389. The number of aromatic nitrogens is 3. The Labute approximate surface area is 215 Å². The molecular formula is C29H31N3O5. The number of nitrogens with zero attached hydrogens (tertiary/aromatic N) is 3. The van der Waals surface area contributed by atoms with Gasteiger partial charge in [0.25, 0.3) is 11.1 Å². The summed E-state index contributed by atoms with van der Waals surface area (Å²) in [4.78, 5) is 30.7. The summed E-state index contributed by atoms with van der Waals surface area (Å²) in [5, 5.41) is 10.8. The lowest BCUT2D eigenvalue weighted by atomic mass is 10.1. The van der Waals surface area contributed by atoms with E-state index in [2.05, 4.69) is 11.9 Å². The molecule has 2 aromatic carbocycles. The van der Waals surface area contributed by atoms with Crippen molar-refractivity contribution in [2.75, 3.05) is 14.2 Å². The summed E-state index contributed by atoms with van der Waals surface area (Å²) in [6.45, 7) is 3.92. The first kappa shape index (κ1) is 25.8. The van der Waals surface area contributed by atoms with Gasteiger partial charge in [0.2, 0.25) is 5.88 Å². The molecule has 4 aromatic rings. The van der Waals surface area contributed by atoms with Gasteiger partial charge in [0.05, 0.1) is 19.8 Å². The van der Waals surface area contributed by atoms with Crippen molar-refractivity contribution in [2.45, 2.75) is 39.5 Å². The predicted molar refractivity (Wildman–Crippen MR) is 143 cm³/mol. The highest BCUT2D eigenvalue weighted by atomic mass is 16.5. The highest BCUT2D eigenvalue weighted by Crippen LogP contribution is 2.33. The van der Waals surface area contributed by atoms with E-state index in [-0.39, 0.29) is 29.0 Å². The molecule has 192 valence electrons. The second-order valence-electron chi connectivity index (χ2n) is 8.84. The smallest absolute Gasteiger partial charge is 0.265 e. The summed E-state index contributed by atoms with van der Waals surface area (Å²) < 4.78 is 14.2. The van der Waals surface area contributed by atoms with Gasteiger partial charge in [0.15, 0.2) is 0 Å². The Hall–Kier alpha value is -4.33. The third kappa shape index (κ3) is 5.28. The Balaban J connectivity index is 1.80. The zero-order valence-electron chi connectivity index (χ0n) is 21.5. The van der Waals surface area contributed by atoms with E-state index in [1.807, 2.05) is 37.3 Å². The van der Waals surface area contributed by atoms with Crippen molar-refractivity contribution in [1.82, 2.24) is 14.1 Å². The number of aromatic hydroxyl groups is 1. The number of aryl methyl sites for hydroxylation is 2. The first-order valence-corrected chi connectivity index (χ1v) is 12.2. The monoisotopic (exact) mass is 501 g/mol. The largest absolute Gasteiger partial charge is 0.494 e. The van der Waals surface area contributed by atoms with Gasteiger partial charge in [-0.05, 0) is 54.8 Å². The summed E-state index contributed by atoms with van der Waals surface area (Å²) in [7, 11) is 3.06. The molecule has 4 rings (SSSR count). The third-order valence-electron chi connectivity index (χ3n) is 6.27. The highest BCUT2D eigenvalue weighted by Gasteiger charge is 2.22. The van der Waals surface area contributed by atoms with Crippen LogP contribution in [-0.4, -0.2) is 33.4 Å². The van der Waals surface area contributed by atoms with Gasteiger partial charge in [0, 0.05) is 30.8 Å². The van der Waals surface area contributed by atoms with E-state index in [1.54, 1.807) is 35.0 Å². The molecule has 37 heavy (non-hydrogen) atoms. The van der Waals surface area contributed by atoms with Gasteiger partial charge < -0.3 is 14.6 Å². The van der Waals surface area contributed by atoms with Crippen LogP contribution in [0.1, 0.15) is 42.3 Å². The molecule has 2 aromatic heterocycles. The molecule has 0 unspecified atom stereocenters. The van der Waals surface area contributed by atoms with E-state index in [1.165, 1.54) is 18.8 Å². The number of ether oxygens (including phenoxy) is 2. The van der Waals surface area contributed by atoms with Gasteiger partial charge in [-0.3, -0.25) is 18.7 Å². The van der Waals surface area contributed by atoms with Crippen molar-refractivity contribution in [1.29, 1.82) is 0 Å². The van der Waals surface area contributed by atoms with E-state index in [0.29, 0.717) is 35.1 Å². The molecule has 0 amide bonds. The number of rotatable bonds is 9. The van der Waals surface area contributed by atoms with E-state index < -0.39 is 0 Å². The van der Waals surface area contributed by atoms with Gasteiger partial charge >= 0.3 is 0 Å². The van der Waals surface area contributed by atoms with Crippen LogP contribution in [0.3, 0.4) is 0 Å². The number of pyridine rings is 1. The topological polar surface area (TPSA) is 95.6 Å². The normalized spacial score (nSPS) is 10.9. The molecule has 0 saturated carbocycles. The molecule has 0 fully saturated rings. The van der Waals surface area contributed by atoms with E-state index >= 15 is 0 Å². The van der Waals surface area contributed by atoms with Crippen molar-refractivity contribution in [3.63, 3.8) is 0 Å². The zero-order chi connectivity index (χ0) is 26.5. The number of unbranched alkanes of at least 4 members (excludes halogenated alkanes) is 1. The van der Waals surface area contributed by atoms with Crippen LogP contribution < -0.4 is 20.6 Å². The molecule has 0 spiro atoms. The molecule has 0 radical (unpaired) electrons. The predicted octanol–water partition coefficient (Wildman–Crippen LogP) is 4.35. The number of benzene rings is 2. The van der Waals surface area contributed by atoms with Crippen molar-refractivity contribution in [2.24, 2.45) is 0 Å². The minimum Gasteiger partial charge on any atom is -0.494 e. The third-order valence-corrected chi connectivity index (χ3v) is 6.27. The molecule has 0 saturated heterocycles. The van der Waals surface area contributed by atoms with Gasteiger partial charge in [0.1, 0.15) is 23.0 Å². The Kier molecular flexibility index (Phi) is 7.77. The quantitative estimate of drug-likeness (QED) is 0.366. The molecule has 0 aliphatic heterocycles. The minimum absolute atomic E-state index is 0.120. The molecule has 0 bridgehead atoms. The fourth-order valence-corrected chi connectivity index (χ4v) is 4.30. The van der Waals surface area contributed by atoms with Gasteiger partial charge in [-0.1, -0.05) is 31.5 Å². The van der Waals surface area contributed by atoms with Gasteiger partial charge in [-0.2, -0.15) is 4.98 Å². The Morgan fingerprint density at radius 2 is 1.65 bits per heavy atom. The molecule has 0 aliphatic rings. The van der Waals surface area contributed by atoms with Crippen LogP contribution in [0.4, 0.5) is 0 Å². The van der Waals surface area contributed by atoms with Crippen LogP contribution in [0.2, 0.25) is 0 Å². The van der Waals surface area contributed by atoms with Gasteiger partial charge in [-0.15, -0.1) is 0 Å². The van der Waals surface area contributed by atoms with Crippen molar-refractivity contribution < 1.29 is 14.6 Å². The second-order valence-corrected chi connectivity index (χ2v) is 8.84. The molecular weight excluding hydrogens is 470 g/mol.